The number of hydrogen-bond acceptors (Lipinski definition) is 1. The molecule has 1 atom stereocenters. The maximum atomic E-state index is 6.02. The lowest BCUT2D eigenvalue weighted by atomic mass is 10.0. The van der Waals surface area contributed by atoms with Crippen LogP contribution in [0.25, 0.3) is 0 Å². The second kappa shape index (κ2) is 5.88. The van der Waals surface area contributed by atoms with Gasteiger partial charge in [0.05, 0.1) is 0 Å². The van der Waals surface area contributed by atoms with Crippen molar-refractivity contribution in [3.05, 3.63) is 34.3 Å². The molecule has 0 radical (unpaired) electrons. The molecular formula is C15H22ClN. The Morgan fingerprint density at radius 1 is 1.24 bits per heavy atom. The normalized spacial score (nSPS) is 18.7. The van der Waals surface area contributed by atoms with Crippen LogP contribution in [0.5, 0.6) is 0 Å². The summed E-state index contributed by atoms with van der Waals surface area (Å²) in [5.74, 6) is 0.822. The van der Waals surface area contributed by atoms with Crippen LogP contribution < -0.4 is 5.32 Å². The number of halogens is 1. The van der Waals surface area contributed by atoms with E-state index in [0.29, 0.717) is 6.04 Å². The summed E-state index contributed by atoms with van der Waals surface area (Å²) in [5, 5.41) is 4.57. The summed E-state index contributed by atoms with van der Waals surface area (Å²) in [6.45, 7) is 5.71. The molecule has 2 rings (SSSR count). The summed E-state index contributed by atoms with van der Waals surface area (Å²) in [5.41, 5.74) is 2.90. The highest BCUT2D eigenvalue weighted by Gasteiger charge is 2.21. The zero-order chi connectivity index (χ0) is 12.3. The summed E-state index contributed by atoms with van der Waals surface area (Å²) in [4.78, 5) is 0. The molecule has 1 unspecified atom stereocenters. The fraction of sp³-hybridized carbons (Fsp3) is 0.600. The van der Waals surface area contributed by atoms with Gasteiger partial charge in [0.15, 0.2) is 0 Å². The maximum Gasteiger partial charge on any atom is 0.0408 e. The van der Waals surface area contributed by atoms with Gasteiger partial charge in [0.25, 0.3) is 0 Å². The van der Waals surface area contributed by atoms with Gasteiger partial charge in [-0.1, -0.05) is 44.4 Å². The molecule has 0 fully saturated rings. The molecule has 0 bridgehead atoms. The van der Waals surface area contributed by atoms with E-state index in [9.17, 15) is 0 Å². The highest BCUT2D eigenvalue weighted by molar-refractivity contribution is 6.30. The Labute approximate surface area is 110 Å². The minimum Gasteiger partial charge on any atom is -0.313 e. The van der Waals surface area contributed by atoms with Gasteiger partial charge in [-0.15, -0.1) is 0 Å². The summed E-state index contributed by atoms with van der Waals surface area (Å²) in [6.07, 6.45) is 4.84. The SMILES string of the molecule is CCC(CC)CNC1Cc2ccc(Cl)cc2C1. The van der Waals surface area contributed by atoms with Gasteiger partial charge in [0, 0.05) is 11.1 Å². The zero-order valence-corrected chi connectivity index (χ0v) is 11.6. The zero-order valence-electron chi connectivity index (χ0n) is 10.8. The van der Waals surface area contributed by atoms with Crippen LogP contribution in [0.4, 0.5) is 0 Å². The lowest BCUT2D eigenvalue weighted by molar-refractivity contribution is 0.412. The lowest BCUT2D eigenvalue weighted by Crippen LogP contribution is -2.33. The lowest BCUT2D eigenvalue weighted by Gasteiger charge is -2.17. The van der Waals surface area contributed by atoms with Crippen molar-refractivity contribution < 1.29 is 0 Å². The fourth-order valence-corrected chi connectivity index (χ4v) is 2.84. The Morgan fingerprint density at radius 3 is 2.65 bits per heavy atom. The Kier molecular flexibility index (Phi) is 4.47. The summed E-state index contributed by atoms with van der Waals surface area (Å²) < 4.78 is 0. The van der Waals surface area contributed by atoms with E-state index in [0.717, 1.165) is 30.3 Å². The van der Waals surface area contributed by atoms with E-state index in [1.54, 1.807) is 0 Å². The van der Waals surface area contributed by atoms with Crippen molar-refractivity contribution >= 4 is 11.6 Å². The van der Waals surface area contributed by atoms with Crippen LogP contribution in [0.1, 0.15) is 37.8 Å². The minimum absolute atomic E-state index is 0.615. The van der Waals surface area contributed by atoms with Crippen molar-refractivity contribution in [1.82, 2.24) is 5.32 Å². The van der Waals surface area contributed by atoms with E-state index in [-0.39, 0.29) is 0 Å². The third-order valence-electron chi connectivity index (χ3n) is 3.95. The molecule has 17 heavy (non-hydrogen) atoms. The number of rotatable bonds is 5. The summed E-state index contributed by atoms with van der Waals surface area (Å²) >= 11 is 6.02. The van der Waals surface area contributed by atoms with Gasteiger partial charge in [-0.3, -0.25) is 0 Å². The molecule has 1 aliphatic carbocycles. The Morgan fingerprint density at radius 2 is 1.94 bits per heavy atom. The Hall–Kier alpha value is -0.530. The van der Waals surface area contributed by atoms with Crippen LogP contribution in [-0.2, 0) is 12.8 Å². The van der Waals surface area contributed by atoms with E-state index in [4.69, 9.17) is 11.6 Å². The van der Waals surface area contributed by atoms with Crippen molar-refractivity contribution in [2.24, 2.45) is 5.92 Å². The van der Waals surface area contributed by atoms with Gasteiger partial charge < -0.3 is 5.32 Å². The quantitative estimate of drug-likeness (QED) is 0.839. The second-order valence-corrected chi connectivity index (χ2v) is 5.55. The van der Waals surface area contributed by atoms with E-state index in [2.05, 4.69) is 31.3 Å². The molecule has 0 saturated heterocycles. The Bertz CT molecular complexity index is 371. The smallest absolute Gasteiger partial charge is 0.0408 e. The Balaban J connectivity index is 1.88. The van der Waals surface area contributed by atoms with Crippen LogP contribution in [0.3, 0.4) is 0 Å². The van der Waals surface area contributed by atoms with E-state index in [1.807, 2.05) is 6.07 Å². The molecule has 0 spiro atoms. The molecule has 0 aliphatic heterocycles. The molecule has 0 amide bonds. The number of nitrogens with one attached hydrogen (secondary N) is 1. The van der Waals surface area contributed by atoms with Gasteiger partial charge in [0.1, 0.15) is 0 Å². The largest absolute Gasteiger partial charge is 0.313 e. The van der Waals surface area contributed by atoms with Crippen LogP contribution >= 0.6 is 11.6 Å². The topological polar surface area (TPSA) is 12.0 Å². The maximum absolute atomic E-state index is 6.02. The first-order valence-corrected chi connectivity index (χ1v) is 7.11. The second-order valence-electron chi connectivity index (χ2n) is 5.11. The van der Waals surface area contributed by atoms with Crippen LogP contribution in [0.15, 0.2) is 18.2 Å². The van der Waals surface area contributed by atoms with Crippen LogP contribution in [0.2, 0.25) is 5.02 Å². The monoisotopic (exact) mass is 251 g/mol. The molecule has 0 heterocycles. The van der Waals surface area contributed by atoms with Crippen molar-refractivity contribution in [1.29, 1.82) is 0 Å². The van der Waals surface area contributed by atoms with Crippen molar-refractivity contribution in [3.63, 3.8) is 0 Å². The van der Waals surface area contributed by atoms with E-state index >= 15 is 0 Å². The molecule has 1 N–H and O–H groups in total. The predicted octanol–water partition coefficient (Wildman–Crippen LogP) is 3.83. The molecule has 1 aromatic rings. The molecule has 94 valence electrons. The molecular weight excluding hydrogens is 230 g/mol. The van der Waals surface area contributed by atoms with Gasteiger partial charge in [-0.2, -0.15) is 0 Å². The molecule has 1 nitrogen and oxygen atoms in total. The number of hydrogen-bond donors (Lipinski definition) is 1. The van der Waals surface area contributed by atoms with Gasteiger partial charge in [-0.25, -0.2) is 0 Å². The van der Waals surface area contributed by atoms with Crippen LogP contribution in [-0.4, -0.2) is 12.6 Å². The molecule has 0 aromatic heterocycles. The molecule has 1 aromatic carbocycles. The van der Waals surface area contributed by atoms with E-state index < -0.39 is 0 Å². The third-order valence-corrected chi connectivity index (χ3v) is 4.19. The highest BCUT2D eigenvalue weighted by Crippen LogP contribution is 2.25. The average Bonchev–Trinajstić information content (AvgIpc) is 2.72. The first kappa shape index (κ1) is 12.9. The first-order chi connectivity index (χ1) is 8.22. The first-order valence-electron chi connectivity index (χ1n) is 6.73. The number of benzene rings is 1. The van der Waals surface area contributed by atoms with Gasteiger partial charge in [0.2, 0.25) is 0 Å². The minimum atomic E-state index is 0.615. The summed E-state index contributed by atoms with van der Waals surface area (Å²) in [6, 6.07) is 6.92. The summed E-state index contributed by atoms with van der Waals surface area (Å²) in [7, 11) is 0. The predicted molar refractivity (Wildman–Crippen MR) is 74.7 cm³/mol. The molecule has 1 aliphatic rings. The number of fused-ring (bicyclic) bond motifs is 1. The highest BCUT2D eigenvalue weighted by atomic mass is 35.5. The fourth-order valence-electron chi connectivity index (χ4n) is 2.64. The molecule has 2 heteroatoms. The van der Waals surface area contributed by atoms with Crippen molar-refractivity contribution in [2.75, 3.05) is 6.54 Å². The van der Waals surface area contributed by atoms with Crippen molar-refractivity contribution in [2.45, 2.75) is 45.6 Å². The van der Waals surface area contributed by atoms with Gasteiger partial charge >= 0.3 is 0 Å². The van der Waals surface area contributed by atoms with Crippen LogP contribution in [0, 0.1) is 5.92 Å². The standard InChI is InChI=1S/C15H22ClN/c1-3-11(4-2)10-17-15-8-12-5-6-14(16)7-13(12)9-15/h5-7,11,15,17H,3-4,8-10H2,1-2H3. The van der Waals surface area contributed by atoms with Crippen molar-refractivity contribution in [3.8, 4) is 0 Å². The average molecular weight is 252 g/mol. The van der Waals surface area contributed by atoms with Gasteiger partial charge in [-0.05, 0) is 48.6 Å². The molecule has 0 saturated carbocycles. The van der Waals surface area contributed by atoms with E-state index in [1.165, 1.54) is 24.0 Å². The third kappa shape index (κ3) is 3.23.